The fourth-order valence-electron chi connectivity index (χ4n) is 4.24. The molecule has 3 rings (SSSR count). The fourth-order valence-corrected chi connectivity index (χ4v) is 4.24. The summed E-state index contributed by atoms with van der Waals surface area (Å²) in [4.78, 5) is 11.0. The molecule has 1 heterocycles. The Morgan fingerprint density at radius 1 is 0.933 bits per heavy atom. The number of unbranched alkanes of at least 4 members (excludes halogenated alkanes) is 3. The normalized spacial score (nSPS) is 18.9. The van der Waals surface area contributed by atoms with Crippen LogP contribution in [0.15, 0.2) is 42.6 Å². The van der Waals surface area contributed by atoms with Crippen LogP contribution in [0.2, 0.25) is 0 Å². The van der Waals surface area contributed by atoms with E-state index in [1.54, 1.807) is 0 Å². The van der Waals surface area contributed by atoms with Crippen LogP contribution in [0.3, 0.4) is 0 Å². The maximum atomic E-state index is 4.59. The summed E-state index contributed by atoms with van der Waals surface area (Å²) >= 11 is 0. The lowest BCUT2D eigenvalue weighted by molar-refractivity contribution is 0.323. The molecule has 0 radical (unpaired) electrons. The van der Waals surface area contributed by atoms with Crippen molar-refractivity contribution < 1.29 is 0 Å². The number of rotatable bonds is 12. The molecule has 0 aliphatic heterocycles. The maximum absolute atomic E-state index is 4.59. The van der Waals surface area contributed by atoms with Gasteiger partial charge in [0, 0.05) is 26.3 Å². The van der Waals surface area contributed by atoms with Crippen LogP contribution in [0.4, 0.5) is 11.8 Å². The molecule has 0 saturated heterocycles. The number of hydrogen-bond acceptors (Lipinski definition) is 5. The highest BCUT2D eigenvalue weighted by molar-refractivity contribution is 5.41. The monoisotopic (exact) mass is 409 g/mol. The SMILES string of the molecule is CN(C)c1ccnc(NC2CCC(CNCCCCCCc3ccccc3)CC2)n1. The second-order valence-electron chi connectivity index (χ2n) is 8.85. The summed E-state index contributed by atoms with van der Waals surface area (Å²) in [5.41, 5.74) is 1.47. The summed E-state index contributed by atoms with van der Waals surface area (Å²) in [6.07, 6.45) is 13.3. The number of aromatic nitrogens is 2. The van der Waals surface area contributed by atoms with E-state index in [4.69, 9.17) is 0 Å². The largest absolute Gasteiger partial charge is 0.363 e. The van der Waals surface area contributed by atoms with Gasteiger partial charge in [0.05, 0.1) is 0 Å². The average molecular weight is 410 g/mol. The first-order valence-electron chi connectivity index (χ1n) is 11.7. The molecule has 0 atom stereocenters. The molecule has 2 aromatic rings. The molecule has 0 spiro atoms. The van der Waals surface area contributed by atoms with Crippen LogP contribution in [0.1, 0.15) is 56.9 Å². The first-order chi connectivity index (χ1) is 14.7. The van der Waals surface area contributed by atoms with Crippen molar-refractivity contribution in [3.63, 3.8) is 0 Å². The molecule has 1 aromatic carbocycles. The Morgan fingerprint density at radius 3 is 2.47 bits per heavy atom. The molecule has 5 heteroatoms. The van der Waals surface area contributed by atoms with Crippen LogP contribution in [-0.2, 0) is 6.42 Å². The van der Waals surface area contributed by atoms with Crippen molar-refractivity contribution in [3.05, 3.63) is 48.2 Å². The minimum absolute atomic E-state index is 0.503. The van der Waals surface area contributed by atoms with Gasteiger partial charge < -0.3 is 15.5 Å². The van der Waals surface area contributed by atoms with Crippen molar-refractivity contribution in [2.24, 2.45) is 5.92 Å². The van der Waals surface area contributed by atoms with Gasteiger partial charge in [-0.05, 0) is 75.6 Å². The van der Waals surface area contributed by atoms with Gasteiger partial charge in [-0.2, -0.15) is 4.98 Å². The molecular formula is C25H39N5. The van der Waals surface area contributed by atoms with Crippen LogP contribution >= 0.6 is 0 Å². The van der Waals surface area contributed by atoms with Crippen LogP contribution < -0.4 is 15.5 Å². The number of hydrogen-bond donors (Lipinski definition) is 2. The van der Waals surface area contributed by atoms with Gasteiger partial charge >= 0.3 is 0 Å². The van der Waals surface area contributed by atoms with Gasteiger partial charge in [0.1, 0.15) is 5.82 Å². The number of anilines is 2. The highest BCUT2D eigenvalue weighted by Crippen LogP contribution is 2.25. The van der Waals surface area contributed by atoms with Crippen molar-refractivity contribution in [1.29, 1.82) is 0 Å². The molecule has 2 N–H and O–H groups in total. The molecule has 0 amide bonds. The molecule has 0 bridgehead atoms. The third-order valence-electron chi connectivity index (χ3n) is 6.12. The number of benzene rings is 1. The molecule has 1 aromatic heterocycles. The van der Waals surface area contributed by atoms with Crippen LogP contribution in [0.5, 0.6) is 0 Å². The molecule has 1 aliphatic carbocycles. The lowest BCUT2D eigenvalue weighted by atomic mass is 9.86. The Morgan fingerprint density at radius 2 is 1.70 bits per heavy atom. The summed E-state index contributed by atoms with van der Waals surface area (Å²) < 4.78 is 0. The van der Waals surface area contributed by atoms with Crippen molar-refractivity contribution in [1.82, 2.24) is 15.3 Å². The van der Waals surface area contributed by atoms with E-state index in [0.717, 1.165) is 24.2 Å². The minimum atomic E-state index is 0.503. The van der Waals surface area contributed by atoms with E-state index >= 15 is 0 Å². The summed E-state index contributed by atoms with van der Waals surface area (Å²) in [5, 5.41) is 7.23. The van der Waals surface area contributed by atoms with E-state index in [2.05, 4.69) is 50.9 Å². The van der Waals surface area contributed by atoms with Gasteiger partial charge in [0.25, 0.3) is 0 Å². The number of nitrogens with zero attached hydrogens (tertiary/aromatic N) is 3. The Balaban J connectivity index is 1.20. The van der Waals surface area contributed by atoms with Crippen LogP contribution in [0, 0.1) is 5.92 Å². The first-order valence-corrected chi connectivity index (χ1v) is 11.7. The molecule has 5 nitrogen and oxygen atoms in total. The fraction of sp³-hybridized carbons (Fsp3) is 0.600. The van der Waals surface area contributed by atoms with E-state index < -0.39 is 0 Å². The van der Waals surface area contributed by atoms with Gasteiger partial charge in [-0.15, -0.1) is 0 Å². The molecule has 1 aliphatic rings. The first kappa shape index (κ1) is 22.5. The van der Waals surface area contributed by atoms with Crippen molar-refractivity contribution in [2.75, 3.05) is 37.4 Å². The summed E-state index contributed by atoms with van der Waals surface area (Å²) in [6.45, 7) is 2.33. The highest BCUT2D eigenvalue weighted by atomic mass is 15.2. The van der Waals surface area contributed by atoms with Gasteiger partial charge in [0.2, 0.25) is 5.95 Å². The van der Waals surface area contributed by atoms with Gasteiger partial charge in [-0.1, -0.05) is 43.2 Å². The van der Waals surface area contributed by atoms with Crippen molar-refractivity contribution in [3.8, 4) is 0 Å². The second-order valence-corrected chi connectivity index (χ2v) is 8.85. The molecule has 164 valence electrons. The average Bonchev–Trinajstić information content (AvgIpc) is 2.77. The number of aryl methyl sites for hydroxylation is 1. The molecular weight excluding hydrogens is 370 g/mol. The third-order valence-corrected chi connectivity index (χ3v) is 6.12. The second kappa shape index (κ2) is 12.5. The van der Waals surface area contributed by atoms with Gasteiger partial charge in [-0.3, -0.25) is 0 Å². The maximum Gasteiger partial charge on any atom is 0.224 e. The van der Waals surface area contributed by atoms with Gasteiger partial charge in [-0.25, -0.2) is 4.98 Å². The van der Waals surface area contributed by atoms with Crippen molar-refractivity contribution >= 4 is 11.8 Å². The lowest BCUT2D eigenvalue weighted by Gasteiger charge is -2.29. The van der Waals surface area contributed by atoms with Crippen molar-refractivity contribution in [2.45, 2.75) is 63.8 Å². The van der Waals surface area contributed by atoms with E-state index in [-0.39, 0.29) is 0 Å². The lowest BCUT2D eigenvalue weighted by Crippen LogP contribution is -2.32. The Hall–Kier alpha value is -2.14. The molecule has 1 fully saturated rings. The van der Waals surface area contributed by atoms with Crippen LogP contribution in [-0.4, -0.2) is 43.2 Å². The molecule has 30 heavy (non-hydrogen) atoms. The Bertz CT molecular complexity index is 710. The van der Waals surface area contributed by atoms with E-state index in [0.29, 0.717) is 6.04 Å². The zero-order valence-corrected chi connectivity index (χ0v) is 18.8. The third kappa shape index (κ3) is 7.94. The summed E-state index contributed by atoms with van der Waals surface area (Å²) in [6, 6.07) is 13.3. The summed E-state index contributed by atoms with van der Waals surface area (Å²) in [7, 11) is 4.02. The zero-order chi connectivity index (χ0) is 21.0. The van der Waals surface area contributed by atoms with E-state index in [1.165, 1.54) is 69.9 Å². The topological polar surface area (TPSA) is 53.1 Å². The van der Waals surface area contributed by atoms with E-state index in [9.17, 15) is 0 Å². The Kier molecular flexibility index (Phi) is 9.42. The quantitative estimate of drug-likeness (QED) is 0.488. The predicted molar refractivity (Wildman–Crippen MR) is 127 cm³/mol. The standard InChI is InChI=1S/C25H39N5/c1-30(2)24-17-19-27-25(29-24)28-23-15-13-22(14-16-23)20-26-18-9-4-3-6-10-21-11-7-5-8-12-21/h5,7-8,11-12,17,19,22-23,26H,3-4,6,9-10,13-16,18,20H2,1-2H3,(H,27,28,29). The minimum Gasteiger partial charge on any atom is -0.363 e. The molecule has 0 unspecified atom stereocenters. The van der Waals surface area contributed by atoms with Crippen LogP contribution in [0.25, 0.3) is 0 Å². The van der Waals surface area contributed by atoms with Gasteiger partial charge in [0.15, 0.2) is 0 Å². The summed E-state index contributed by atoms with van der Waals surface area (Å²) in [5.74, 6) is 2.52. The Labute approximate surface area is 182 Å². The van der Waals surface area contributed by atoms with E-state index in [1.807, 2.05) is 31.3 Å². The zero-order valence-electron chi connectivity index (χ0n) is 18.8. The smallest absolute Gasteiger partial charge is 0.224 e. The number of nitrogens with one attached hydrogen (secondary N) is 2. The molecule has 1 saturated carbocycles. The highest BCUT2D eigenvalue weighted by Gasteiger charge is 2.21. The predicted octanol–water partition coefficient (Wildman–Crippen LogP) is 4.91.